The second-order valence-electron chi connectivity index (χ2n) is 3.95. The van der Waals surface area contributed by atoms with E-state index in [2.05, 4.69) is 15.4 Å². The maximum Gasteiger partial charge on any atom is 0.241 e. The highest BCUT2D eigenvalue weighted by Gasteiger charge is 2.10. The van der Waals surface area contributed by atoms with Crippen LogP contribution in [0, 0.1) is 0 Å². The van der Waals surface area contributed by atoms with E-state index in [1.165, 1.54) is 0 Å². The van der Waals surface area contributed by atoms with Crippen LogP contribution in [0.1, 0.15) is 6.92 Å². The first-order chi connectivity index (χ1) is 8.31. The molecule has 0 spiro atoms. The van der Waals surface area contributed by atoms with Gasteiger partial charge in [0.05, 0.1) is 12.3 Å². The molecule has 1 aromatic carbocycles. The van der Waals surface area contributed by atoms with Crippen LogP contribution in [-0.4, -0.2) is 33.7 Å². The van der Waals surface area contributed by atoms with E-state index in [1.54, 1.807) is 38.2 Å². The molecule has 0 fully saturated rings. The van der Waals surface area contributed by atoms with E-state index >= 15 is 0 Å². The van der Waals surface area contributed by atoms with Gasteiger partial charge in [0.25, 0.3) is 0 Å². The van der Waals surface area contributed by atoms with Gasteiger partial charge in [-0.2, -0.15) is 0 Å². The quantitative estimate of drug-likeness (QED) is 0.732. The second kappa shape index (κ2) is 5.83. The van der Waals surface area contributed by atoms with Crippen LogP contribution in [0.4, 0.5) is 11.4 Å². The summed E-state index contributed by atoms with van der Waals surface area (Å²) >= 11 is 0. The monoisotopic (exact) mass is 271 g/mol. The van der Waals surface area contributed by atoms with E-state index in [4.69, 9.17) is 0 Å². The molecule has 0 aliphatic heterocycles. The molecule has 0 saturated heterocycles. The SMILES string of the molecule is CNC(C)C(=O)Nc1ccc(NS(C)(=O)=O)cc1. The average molecular weight is 271 g/mol. The fraction of sp³-hybridized carbons (Fsp3) is 0.364. The predicted molar refractivity (Wildman–Crippen MR) is 72.1 cm³/mol. The third-order valence-electron chi connectivity index (χ3n) is 2.28. The molecule has 0 aromatic heterocycles. The zero-order chi connectivity index (χ0) is 13.8. The Morgan fingerprint density at radius 2 is 1.67 bits per heavy atom. The van der Waals surface area contributed by atoms with Gasteiger partial charge in [0.15, 0.2) is 0 Å². The van der Waals surface area contributed by atoms with E-state index in [-0.39, 0.29) is 11.9 Å². The maximum atomic E-state index is 11.6. The molecule has 1 amide bonds. The first kappa shape index (κ1) is 14.5. The zero-order valence-electron chi connectivity index (χ0n) is 10.5. The number of hydrogen-bond acceptors (Lipinski definition) is 4. The summed E-state index contributed by atoms with van der Waals surface area (Å²) in [5.41, 5.74) is 1.07. The van der Waals surface area contributed by atoms with Crippen molar-refractivity contribution in [2.24, 2.45) is 0 Å². The largest absolute Gasteiger partial charge is 0.325 e. The highest BCUT2D eigenvalue weighted by Crippen LogP contribution is 2.14. The number of anilines is 2. The number of carbonyl (C=O) groups excluding carboxylic acids is 1. The third-order valence-corrected chi connectivity index (χ3v) is 2.89. The summed E-state index contributed by atoms with van der Waals surface area (Å²) in [4.78, 5) is 11.6. The number of likely N-dealkylation sites (N-methyl/N-ethyl adjacent to an activating group) is 1. The number of benzene rings is 1. The molecule has 0 radical (unpaired) electrons. The molecule has 0 heterocycles. The molecule has 1 unspecified atom stereocenters. The van der Waals surface area contributed by atoms with E-state index < -0.39 is 10.0 Å². The molecule has 7 heteroatoms. The maximum absolute atomic E-state index is 11.6. The molecule has 1 atom stereocenters. The molecule has 0 aliphatic carbocycles. The summed E-state index contributed by atoms with van der Waals surface area (Å²) in [6, 6.07) is 6.14. The van der Waals surface area contributed by atoms with Crippen LogP contribution >= 0.6 is 0 Å². The van der Waals surface area contributed by atoms with Gasteiger partial charge >= 0.3 is 0 Å². The van der Waals surface area contributed by atoms with Crippen LogP contribution < -0.4 is 15.4 Å². The summed E-state index contributed by atoms with van der Waals surface area (Å²) < 4.78 is 24.3. The summed E-state index contributed by atoms with van der Waals surface area (Å²) in [6.45, 7) is 1.74. The van der Waals surface area contributed by atoms with Crippen LogP contribution in [0.5, 0.6) is 0 Å². The Hall–Kier alpha value is -1.60. The molecule has 18 heavy (non-hydrogen) atoms. The van der Waals surface area contributed by atoms with Gasteiger partial charge in [-0.1, -0.05) is 0 Å². The lowest BCUT2D eigenvalue weighted by Gasteiger charge is -2.11. The zero-order valence-corrected chi connectivity index (χ0v) is 11.3. The number of hydrogen-bond donors (Lipinski definition) is 3. The Bertz CT molecular complexity index is 511. The first-order valence-corrected chi connectivity index (χ1v) is 7.27. The van der Waals surface area contributed by atoms with Gasteiger partial charge in [-0.15, -0.1) is 0 Å². The molecule has 0 bridgehead atoms. The topological polar surface area (TPSA) is 87.3 Å². The molecule has 1 rings (SSSR count). The van der Waals surface area contributed by atoms with Crippen molar-refractivity contribution in [3.63, 3.8) is 0 Å². The molecule has 100 valence electrons. The van der Waals surface area contributed by atoms with Crippen molar-refractivity contribution in [1.82, 2.24) is 5.32 Å². The lowest BCUT2D eigenvalue weighted by Crippen LogP contribution is -2.35. The second-order valence-corrected chi connectivity index (χ2v) is 5.70. The minimum absolute atomic E-state index is 0.152. The Labute approximate surface area is 107 Å². The van der Waals surface area contributed by atoms with E-state index in [9.17, 15) is 13.2 Å². The highest BCUT2D eigenvalue weighted by atomic mass is 32.2. The molecule has 0 aliphatic rings. The van der Waals surface area contributed by atoms with Crippen molar-refractivity contribution in [3.05, 3.63) is 24.3 Å². The molecule has 6 nitrogen and oxygen atoms in total. The Balaban J connectivity index is 2.69. The van der Waals surface area contributed by atoms with Crippen molar-refractivity contribution in [2.75, 3.05) is 23.3 Å². The van der Waals surface area contributed by atoms with Crippen LogP contribution in [0.2, 0.25) is 0 Å². The van der Waals surface area contributed by atoms with Crippen molar-refractivity contribution in [3.8, 4) is 0 Å². The van der Waals surface area contributed by atoms with Crippen molar-refractivity contribution in [1.29, 1.82) is 0 Å². The van der Waals surface area contributed by atoms with Crippen LogP contribution in [0.3, 0.4) is 0 Å². The van der Waals surface area contributed by atoms with Crippen molar-refractivity contribution in [2.45, 2.75) is 13.0 Å². The van der Waals surface area contributed by atoms with Crippen LogP contribution in [-0.2, 0) is 14.8 Å². The number of amides is 1. The Kier molecular flexibility index (Phi) is 4.69. The van der Waals surface area contributed by atoms with E-state index in [1.807, 2.05) is 0 Å². The average Bonchev–Trinajstić information content (AvgIpc) is 2.28. The van der Waals surface area contributed by atoms with Gasteiger partial charge < -0.3 is 10.6 Å². The van der Waals surface area contributed by atoms with Gasteiger partial charge in [-0.25, -0.2) is 8.42 Å². The lowest BCUT2D eigenvalue weighted by atomic mass is 10.2. The van der Waals surface area contributed by atoms with Gasteiger partial charge in [-0.3, -0.25) is 9.52 Å². The Morgan fingerprint density at radius 1 is 1.17 bits per heavy atom. The standard InChI is InChI=1S/C11H17N3O3S/c1-8(12-2)11(15)13-9-4-6-10(7-5-9)14-18(3,16)17/h4-8,12,14H,1-3H3,(H,13,15). The fourth-order valence-corrected chi connectivity index (χ4v) is 1.78. The van der Waals surface area contributed by atoms with E-state index in [0.29, 0.717) is 11.4 Å². The normalized spacial score (nSPS) is 12.8. The summed E-state index contributed by atoms with van der Waals surface area (Å²) in [5, 5.41) is 5.53. The van der Waals surface area contributed by atoms with Gasteiger partial charge in [0.2, 0.25) is 15.9 Å². The number of rotatable bonds is 5. The summed E-state index contributed by atoms with van der Waals surface area (Å²) in [6.07, 6.45) is 1.08. The van der Waals surface area contributed by atoms with Crippen molar-refractivity contribution >= 4 is 27.3 Å². The van der Waals surface area contributed by atoms with Gasteiger partial charge in [0.1, 0.15) is 0 Å². The smallest absolute Gasteiger partial charge is 0.241 e. The van der Waals surface area contributed by atoms with E-state index in [0.717, 1.165) is 6.26 Å². The predicted octanol–water partition coefficient (Wildman–Crippen LogP) is 0.604. The third kappa shape index (κ3) is 4.72. The number of carbonyl (C=O) groups is 1. The molecule has 1 aromatic rings. The highest BCUT2D eigenvalue weighted by molar-refractivity contribution is 7.92. The molecule has 0 saturated carbocycles. The van der Waals surface area contributed by atoms with Gasteiger partial charge in [-0.05, 0) is 38.2 Å². The summed E-state index contributed by atoms with van der Waals surface area (Å²) in [7, 11) is -1.58. The molecular weight excluding hydrogens is 254 g/mol. The minimum Gasteiger partial charge on any atom is -0.325 e. The minimum atomic E-state index is -3.28. The summed E-state index contributed by atoms with van der Waals surface area (Å²) in [5.74, 6) is -0.152. The Morgan fingerprint density at radius 3 is 2.11 bits per heavy atom. The fourth-order valence-electron chi connectivity index (χ4n) is 1.22. The molecular formula is C11H17N3O3S. The van der Waals surface area contributed by atoms with Crippen molar-refractivity contribution < 1.29 is 13.2 Å². The lowest BCUT2D eigenvalue weighted by molar-refractivity contribution is -0.117. The van der Waals surface area contributed by atoms with Crippen LogP contribution in [0.15, 0.2) is 24.3 Å². The van der Waals surface area contributed by atoms with Gasteiger partial charge in [0, 0.05) is 11.4 Å². The number of nitrogens with one attached hydrogen (secondary N) is 3. The van der Waals surface area contributed by atoms with Crippen LogP contribution in [0.25, 0.3) is 0 Å². The number of sulfonamides is 1. The first-order valence-electron chi connectivity index (χ1n) is 5.38. The molecule has 3 N–H and O–H groups in total.